The molecule has 0 amide bonds. The Morgan fingerprint density at radius 1 is 0.441 bits per heavy atom. The number of rotatable bonds is 16. The van der Waals surface area contributed by atoms with Crippen LogP contribution in [0.1, 0.15) is 0 Å². The number of aliphatic hydroxyl groups is 12. The van der Waals surface area contributed by atoms with Gasteiger partial charge in [0.25, 0.3) is 0 Å². The normalized spacial score (nSPS) is 44.5. The maximum Gasteiger partial charge on any atom is 0.335 e. The summed E-state index contributed by atoms with van der Waals surface area (Å²) in [6.45, 7) is -1.26. The highest BCUT2D eigenvalue weighted by Crippen LogP contribution is 2.35. The minimum Gasteiger partial charge on any atom is -0.479 e. The Morgan fingerprint density at radius 3 is 1.07 bits per heavy atom. The molecule has 0 saturated carbocycles. The third kappa shape index (κ3) is 10.0. The number of carboxylic acid groups (broad SMARTS) is 5. The van der Waals surface area contributed by atoms with E-state index in [-0.39, 0.29) is 0 Å². The fraction of sp³-hybridized carbons (Fsp3) is 0.828. The maximum absolute atomic E-state index is 12.3. The molecule has 0 aromatic heterocycles. The Kier molecular flexibility index (Phi) is 15.9. The van der Waals surface area contributed by atoms with Crippen molar-refractivity contribution >= 4 is 29.8 Å². The first-order valence-corrected chi connectivity index (χ1v) is 16.9. The Balaban J connectivity index is 1.50. The van der Waals surface area contributed by atoms with E-state index in [0.29, 0.717) is 0 Å². The fourth-order valence-corrected chi connectivity index (χ4v) is 6.28. The van der Waals surface area contributed by atoms with Crippen LogP contribution in [0, 0.1) is 0 Å². The smallest absolute Gasteiger partial charge is 0.335 e. The third-order valence-corrected chi connectivity index (χ3v) is 9.50. The van der Waals surface area contributed by atoms with Crippen LogP contribution in [-0.4, -0.2) is 264 Å². The van der Waals surface area contributed by atoms with E-state index in [9.17, 15) is 106 Å². The van der Waals surface area contributed by atoms with Gasteiger partial charge in [-0.25, -0.2) is 24.0 Å². The monoisotopic (exact) mass is 870 g/mol. The Bertz CT molecular complexity index is 1500. The zero-order valence-electron chi connectivity index (χ0n) is 29.4. The van der Waals surface area contributed by atoms with Crippen molar-refractivity contribution in [1.29, 1.82) is 0 Å². The molecule has 17 N–H and O–H groups in total. The molecule has 4 fully saturated rings. The molecule has 0 aromatic carbocycles. The molecule has 30 nitrogen and oxygen atoms in total. The van der Waals surface area contributed by atoms with Crippen LogP contribution < -0.4 is 0 Å². The van der Waals surface area contributed by atoms with Crippen molar-refractivity contribution in [1.82, 2.24) is 0 Å². The summed E-state index contributed by atoms with van der Waals surface area (Å²) in [5.74, 6) is -9.95. The lowest BCUT2D eigenvalue weighted by Gasteiger charge is -2.48. The van der Waals surface area contributed by atoms with Gasteiger partial charge in [0.15, 0.2) is 55.7 Å². The molecule has 0 aliphatic carbocycles. The predicted octanol–water partition coefficient (Wildman–Crippen LogP) is -11.2. The van der Waals surface area contributed by atoms with E-state index in [1.54, 1.807) is 0 Å². The van der Waals surface area contributed by atoms with E-state index >= 15 is 0 Å². The van der Waals surface area contributed by atoms with Crippen molar-refractivity contribution in [3.05, 3.63) is 0 Å². The van der Waals surface area contributed by atoms with Crippen LogP contribution in [-0.2, 0) is 61.9 Å². The standard InChI is InChI=1S/C29H42O30/c30-1-2(3(31)9(37)21(42)43)52-26-11(39)6(34)14(18(57-26)23(46)47)54-28-13(41)8(36)16(20(59-28)25(50)51)55-29-12(40)7(35)15(19(58-29)24(48)49)53-27-10(38)4(32)5(33)17(56-27)22(44)45/h2-20,26-41H,1H2,(H,42,43)(H,44,45)(H,46,47)(H,48,49)(H,50,51)/t2-,3?,4+,5+,6-,7-,8-,9?,10?,11?,12?,13?,14+,15+,16+,17?,18?,19?,20?,26-,27+,28+,29+/m1/s1. The van der Waals surface area contributed by atoms with Gasteiger partial charge in [-0.2, -0.15) is 0 Å². The number of carboxylic acids is 5. The van der Waals surface area contributed by atoms with Crippen LogP contribution >= 0.6 is 0 Å². The van der Waals surface area contributed by atoms with E-state index in [0.717, 1.165) is 0 Å². The minimum atomic E-state index is -2.57. The molecule has 338 valence electrons. The highest BCUT2D eigenvalue weighted by atomic mass is 16.8. The average molecular weight is 871 g/mol. The second-order valence-corrected chi connectivity index (χ2v) is 13.4. The molecule has 10 unspecified atom stereocenters. The number of hydrogen-bond acceptors (Lipinski definition) is 25. The van der Waals surface area contributed by atoms with Crippen molar-refractivity contribution in [3.8, 4) is 0 Å². The van der Waals surface area contributed by atoms with E-state index in [1.807, 2.05) is 0 Å². The highest BCUT2D eigenvalue weighted by molar-refractivity contribution is 5.75. The van der Waals surface area contributed by atoms with Crippen LogP contribution in [0.4, 0.5) is 0 Å². The van der Waals surface area contributed by atoms with Crippen LogP contribution in [0.5, 0.6) is 0 Å². The van der Waals surface area contributed by atoms with E-state index in [1.165, 1.54) is 0 Å². The summed E-state index contributed by atoms with van der Waals surface area (Å²) >= 11 is 0. The summed E-state index contributed by atoms with van der Waals surface area (Å²) in [4.78, 5) is 59.0. The van der Waals surface area contributed by atoms with Crippen LogP contribution in [0.2, 0.25) is 0 Å². The van der Waals surface area contributed by atoms with Gasteiger partial charge in [-0.05, 0) is 0 Å². The van der Waals surface area contributed by atoms with Crippen molar-refractivity contribution in [2.75, 3.05) is 6.61 Å². The summed E-state index contributed by atoms with van der Waals surface area (Å²) in [7, 11) is 0. The summed E-state index contributed by atoms with van der Waals surface area (Å²) in [6, 6.07) is 0. The van der Waals surface area contributed by atoms with Crippen molar-refractivity contribution < 1.29 is 149 Å². The fourth-order valence-electron chi connectivity index (χ4n) is 6.28. The van der Waals surface area contributed by atoms with Crippen molar-refractivity contribution in [2.24, 2.45) is 0 Å². The summed E-state index contributed by atoms with van der Waals surface area (Å²) in [5.41, 5.74) is 0. The number of aliphatic hydroxyl groups excluding tert-OH is 12. The van der Waals surface area contributed by atoms with Gasteiger partial charge in [0.1, 0.15) is 85.5 Å². The molecular weight excluding hydrogens is 828 g/mol. The lowest BCUT2D eigenvalue weighted by atomic mass is 9.95. The first kappa shape index (κ1) is 48.2. The quantitative estimate of drug-likeness (QED) is 0.0685. The second kappa shape index (κ2) is 19.5. The number of ether oxygens (including phenoxy) is 8. The zero-order valence-corrected chi connectivity index (χ0v) is 29.4. The molecule has 30 heteroatoms. The number of aliphatic carboxylic acids is 5. The van der Waals surface area contributed by atoms with Crippen LogP contribution in [0.15, 0.2) is 0 Å². The first-order valence-electron chi connectivity index (χ1n) is 16.9. The molecule has 23 atom stereocenters. The van der Waals surface area contributed by atoms with Gasteiger partial charge in [-0.1, -0.05) is 0 Å². The predicted molar refractivity (Wildman–Crippen MR) is 165 cm³/mol. The Hall–Kier alpha value is -3.45. The molecule has 0 spiro atoms. The van der Waals surface area contributed by atoms with Gasteiger partial charge in [-0.3, -0.25) is 0 Å². The molecule has 0 radical (unpaired) electrons. The van der Waals surface area contributed by atoms with Gasteiger partial charge in [-0.15, -0.1) is 0 Å². The lowest BCUT2D eigenvalue weighted by Crippen LogP contribution is -2.68. The zero-order chi connectivity index (χ0) is 44.5. The summed E-state index contributed by atoms with van der Waals surface area (Å²) < 4.78 is 40.9. The van der Waals surface area contributed by atoms with Crippen LogP contribution in [0.3, 0.4) is 0 Å². The lowest BCUT2D eigenvalue weighted by molar-refractivity contribution is -0.380. The minimum absolute atomic E-state index is 1.26. The maximum atomic E-state index is 12.3. The van der Waals surface area contributed by atoms with E-state index < -0.39 is 178 Å². The van der Waals surface area contributed by atoms with Crippen molar-refractivity contribution in [2.45, 2.75) is 141 Å². The largest absolute Gasteiger partial charge is 0.479 e. The molecule has 4 rings (SSSR count). The number of hydrogen-bond donors (Lipinski definition) is 17. The molecule has 0 bridgehead atoms. The summed E-state index contributed by atoms with van der Waals surface area (Å²) in [5, 5.41) is 172. The third-order valence-electron chi connectivity index (χ3n) is 9.50. The van der Waals surface area contributed by atoms with Gasteiger partial charge >= 0.3 is 29.8 Å². The molecular formula is C29H42O30. The van der Waals surface area contributed by atoms with Crippen LogP contribution in [0.25, 0.3) is 0 Å². The molecule has 4 saturated heterocycles. The van der Waals surface area contributed by atoms with Gasteiger partial charge in [0.05, 0.1) is 6.61 Å². The SMILES string of the molecule is O=C(O)C(O)C(O)[C@@H](CO)O[C@@H]1OC(C(=O)O)[C@@H](O[C@H]2OC(C(=O)O)[C@@H](O[C@H]3OC(C(=O)O)[C@@H](O[C@H]4OC(C(=O)O)[C@@H](O)[C@H](O)C4O)[C@H](O)C3O)[C@H](O)C2O)[C@H](O)C1O. The van der Waals surface area contributed by atoms with Gasteiger partial charge in [0.2, 0.25) is 0 Å². The molecule has 4 aliphatic rings. The Labute approximate surface area is 326 Å². The molecule has 59 heavy (non-hydrogen) atoms. The number of carbonyl (C=O) groups is 5. The summed E-state index contributed by atoms with van der Waals surface area (Å²) in [6.07, 6.45) is -55.1. The molecule has 0 aromatic rings. The highest BCUT2D eigenvalue weighted by Gasteiger charge is 2.58. The second-order valence-electron chi connectivity index (χ2n) is 13.4. The van der Waals surface area contributed by atoms with E-state index in [2.05, 4.69) is 0 Å². The Morgan fingerprint density at radius 2 is 0.746 bits per heavy atom. The van der Waals surface area contributed by atoms with Gasteiger partial charge < -0.3 is 125 Å². The first-order chi connectivity index (χ1) is 27.4. The van der Waals surface area contributed by atoms with Crippen molar-refractivity contribution in [3.63, 3.8) is 0 Å². The average Bonchev–Trinajstić information content (AvgIpc) is 3.17. The molecule has 4 aliphatic heterocycles. The molecule has 4 heterocycles. The topological polar surface area (TPSA) is 503 Å². The van der Waals surface area contributed by atoms with Gasteiger partial charge in [0, 0.05) is 0 Å². The van der Waals surface area contributed by atoms with E-state index in [4.69, 9.17) is 43.0 Å².